The summed E-state index contributed by atoms with van der Waals surface area (Å²) < 4.78 is 28.5. The van der Waals surface area contributed by atoms with Gasteiger partial charge in [0.05, 0.1) is 5.71 Å². The lowest BCUT2D eigenvalue weighted by Gasteiger charge is -2.19. The van der Waals surface area contributed by atoms with Gasteiger partial charge in [-0.25, -0.2) is 13.6 Å². The second-order valence-electron chi connectivity index (χ2n) is 6.77. The fourth-order valence-corrected chi connectivity index (χ4v) is 2.96. The Morgan fingerprint density at radius 2 is 1.54 bits per heavy atom. The third kappa shape index (κ3) is 4.97. The van der Waals surface area contributed by atoms with Crippen molar-refractivity contribution in [3.63, 3.8) is 0 Å². The van der Waals surface area contributed by atoms with Crippen LogP contribution in [0.15, 0.2) is 65.7 Å². The van der Waals surface area contributed by atoms with E-state index in [1.165, 1.54) is 0 Å². The third-order valence-electron chi connectivity index (χ3n) is 4.44. The summed E-state index contributed by atoms with van der Waals surface area (Å²) in [4.78, 5) is 15.9. The molecule has 2 aromatic rings. The molecule has 0 spiro atoms. The van der Waals surface area contributed by atoms with E-state index in [1.54, 1.807) is 24.3 Å². The summed E-state index contributed by atoms with van der Waals surface area (Å²) in [5.41, 5.74) is 1.83. The molecule has 26 heavy (non-hydrogen) atoms. The quantitative estimate of drug-likeness (QED) is 0.690. The van der Waals surface area contributed by atoms with Crippen LogP contribution in [0, 0.1) is 5.92 Å². The third-order valence-corrected chi connectivity index (χ3v) is 4.44. The number of hydrogen-bond donors (Lipinski definition) is 1. The lowest BCUT2D eigenvalue weighted by molar-refractivity contribution is -0.141. The number of carboxylic acid groups (broad SMARTS) is 1. The number of aliphatic carboxylic acids is 1. The molecule has 1 fully saturated rings. The molecule has 0 heterocycles. The molecule has 0 aliphatic heterocycles. The van der Waals surface area contributed by atoms with E-state index in [4.69, 9.17) is 0 Å². The zero-order chi connectivity index (χ0) is 18.6. The largest absolute Gasteiger partial charge is 0.480 e. The number of carbonyl (C=O) groups is 1. The van der Waals surface area contributed by atoms with Gasteiger partial charge in [-0.3, -0.25) is 4.99 Å². The first-order chi connectivity index (χ1) is 12.4. The van der Waals surface area contributed by atoms with Gasteiger partial charge < -0.3 is 5.11 Å². The van der Waals surface area contributed by atoms with Crippen LogP contribution >= 0.6 is 0 Å². The van der Waals surface area contributed by atoms with Gasteiger partial charge in [-0.15, -0.1) is 0 Å². The number of alkyl halides is 2. The number of carboxylic acids is 1. The number of nitrogens with zero attached hydrogens (tertiary/aromatic N) is 1. The number of benzene rings is 2. The van der Waals surface area contributed by atoms with E-state index in [9.17, 15) is 18.7 Å². The first-order valence-electron chi connectivity index (χ1n) is 8.74. The Bertz CT molecular complexity index is 730. The van der Waals surface area contributed by atoms with Crippen molar-refractivity contribution in [2.24, 2.45) is 10.9 Å². The Morgan fingerprint density at radius 3 is 1.96 bits per heavy atom. The molecular formula is C21H21F2NO2. The fourth-order valence-electron chi connectivity index (χ4n) is 2.96. The molecule has 1 aliphatic carbocycles. The Balaban J connectivity index is 1.94. The molecule has 3 rings (SSSR count). The summed E-state index contributed by atoms with van der Waals surface area (Å²) in [7, 11) is 0. The highest BCUT2D eigenvalue weighted by molar-refractivity contribution is 6.13. The standard InChI is InChI=1S/C21H21F2NO2/c22-21(23,13-15-11-12-15)14-18(20(25)26)24-19(16-7-3-1-4-8-16)17-9-5-2-6-10-17/h1-10,15,18H,11-14H2,(H,25,26)/t18-/m1/s1. The molecule has 0 bridgehead atoms. The van der Waals surface area contributed by atoms with Crippen LogP contribution in [0.3, 0.4) is 0 Å². The molecule has 136 valence electrons. The first kappa shape index (κ1) is 18.2. The summed E-state index contributed by atoms with van der Waals surface area (Å²) in [6.45, 7) is 0. The van der Waals surface area contributed by atoms with Gasteiger partial charge >= 0.3 is 5.97 Å². The minimum Gasteiger partial charge on any atom is -0.480 e. The van der Waals surface area contributed by atoms with Crippen molar-refractivity contribution in [1.82, 2.24) is 0 Å². The molecule has 0 aromatic heterocycles. The van der Waals surface area contributed by atoms with Crippen LogP contribution in [0.1, 0.15) is 36.8 Å². The normalized spacial score (nSPS) is 15.3. The molecule has 5 heteroatoms. The zero-order valence-electron chi connectivity index (χ0n) is 14.3. The van der Waals surface area contributed by atoms with Crippen LogP contribution < -0.4 is 0 Å². The van der Waals surface area contributed by atoms with E-state index in [1.807, 2.05) is 36.4 Å². The van der Waals surface area contributed by atoms with E-state index in [0.717, 1.165) is 12.8 Å². The van der Waals surface area contributed by atoms with Crippen molar-refractivity contribution in [2.45, 2.75) is 37.6 Å². The molecule has 1 saturated carbocycles. The van der Waals surface area contributed by atoms with E-state index < -0.39 is 24.4 Å². The molecule has 2 aromatic carbocycles. The predicted molar refractivity (Wildman–Crippen MR) is 96.9 cm³/mol. The second-order valence-corrected chi connectivity index (χ2v) is 6.77. The minimum atomic E-state index is -3.02. The maximum absolute atomic E-state index is 14.2. The van der Waals surface area contributed by atoms with Crippen LogP contribution in [0.25, 0.3) is 0 Å². The SMILES string of the molecule is O=C(O)[C@@H](CC(F)(F)CC1CC1)N=C(c1ccccc1)c1ccccc1. The molecular weight excluding hydrogens is 336 g/mol. The van der Waals surface area contributed by atoms with Crippen LogP contribution in [0.4, 0.5) is 8.78 Å². The second kappa shape index (κ2) is 7.77. The Labute approximate surface area is 151 Å². The number of aliphatic imine (C=N–C) groups is 1. The first-order valence-corrected chi connectivity index (χ1v) is 8.74. The summed E-state index contributed by atoms with van der Waals surface area (Å²) in [5, 5.41) is 9.49. The van der Waals surface area contributed by atoms with Crippen molar-refractivity contribution in [2.75, 3.05) is 0 Å². The van der Waals surface area contributed by atoms with Crippen LogP contribution in [0.2, 0.25) is 0 Å². The van der Waals surface area contributed by atoms with Gasteiger partial charge in [-0.1, -0.05) is 60.7 Å². The van der Waals surface area contributed by atoms with Crippen molar-refractivity contribution in [3.05, 3.63) is 71.8 Å². The van der Waals surface area contributed by atoms with Gasteiger partial charge in [0.1, 0.15) is 0 Å². The molecule has 0 saturated heterocycles. The lowest BCUT2D eigenvalue weighted by Crippen LogP contribution is -2.30. The van der Waals surface area contributed by atoms with Gasteiger partial charge in [0.15, 0.2) is 6.04 Å². The average molecular weight is 357 g/mol. The van der Waals surface area contributed by atoms with Crippen molar-refractivity contribution in [3.8, 4) is 0 Å². The van der Waals surface area contributed by atoms with Gasteiger partial charge in [0, 0.05) is 24.0 Å². The highest BCUT2D eigenvalue weighted by Crippen LogP contribution is 2.41. The van der Waals surface area contributed by atoms with Gasteiger partial charge in [-0.05, 0) is 18.8 Å². The number of hydrogen-bond acceptors (Lipinski definition) is 2. The van der Waals surface area contributed by atoms with E-state index in [0.29, 0.717) is 16.8 Å². The summed E-state index contributed by atoms with van der Waals surface area (Å²) in [6.07, 6.45) is 0.575. The Hall–Kier alpha value is -2.56. The van der Waals surface area contributed by atoms with E-state index in [-0.39, 0.29) is 12.3 Å². The van der Waals surface area contributed by atoms with Crippen LogP contribution in [0.5, 0.6) is 0 Å². The molecule has 3 nitrogen and oxygen atoms in total. The van der Waals surface area contributed by atoms with E-state index >= 15 is 0 Å². The maximum Gasteiger partial charge on any atom is 0.328 e. The van der Waals surface area contributed by atoms with Gasteiger partial charge in [0.25, 0.3) is 5.92 Å². The smallest absolute Gasteiger partial charge is 0.328 e. The minimum absolute atomic E-state index is 0.0196. The van der Waals surface area contributed by atoms with Crippen molar-refractivity contribution >= 4 is 11.7 Å². The number of rotatable bonds is 8. The molecule has 0 radical (unpaired) electrons. The Kier molecular flexibility index (Phi) is 5.45. The average Bonchev–Trinajstić information content (AvgIpc) is 3.43. The predicted octanol–water partition coefficient (Wildman–Crippen LogP) is 4.80. The Morgan fingerprint density at radius 1 is 1.04 bits per heavy atom. The molecule has 0 amide bonds. The fraction of sp³-hybridized carbons (Fsp3) is 0.333. The van der Waals surface area contributed by atoms with Gasteiger partial charge in [0.2, 0.25) is 0 Å². The molecule has 1 N–H and O–H groups in total. The maximum atomic E-state index is 14.2. The molecule has 1 atom stereocenters. The highest BCUT2D eigenvalue weighted by Gasteiger charge is 2.41. The zero-order valence-corrected chi connectivity index (χ0v) is 14.3. The molecule has 0 unspecified atom stereocenters. The van der Waals surface area contributed by atoms with Crippen molar-refractivity contribution < 1.29 is 18.7 Å². The van der Waals surface area contributed by atoms with Crippen LogP contribution in [-0.2, 0) is 4.79 Å². The highest BCUT2D eigenvalue weighted by atomic mass is 19.3. The van der Waals surface area contributed by atoms with Gasteiger partial charge in [-0.2, -0.15) is 0 Å². The number of halogens is 2. The summed E-state index contributed by atoms with van der Waals surface area (Å²) in [5.74, 6) is -4.33. The monoisotopic (exact) mass is 357 g/mol. The van der Waals surface area contributed by atoms with Crippen molar-refractivity contribution in [1.29, 1.82) is 0 Å². The molecule has 1 aliphatic rings. The summed E-state index contributed by atoms with van der Waals surface area (Å²) in [6, 6.07) is 16.6. The summed E-state index contributed by atoms with van der Waals surface area (Å²) >= 11 is 0. The van der Waals surface area contributed by atoms with E-state index in [2.05, 4.69) is 4.99 Å². The van der Waals surface area contributed by atoms with Crippen LogP contribution in [-0.4, -0.2) is 28.8 Å². The lowest BCUT2D eigenvalue weighted by atomic mass is 10.00. The topological polar surface area (TPSA) is 49.7 Å².